The molecule has 2 rings (SSSR count). The van der Waals surface area contributed by atoms with Crippen molar-refractivity contribution in [3.05, 3.63) is 0 Å². The summed E-state index contributed by atoms with van der Waals surface area (Å²) in [5.41, 5.74) is -0.510. The van der Waals surface area contributed by atoms with Crippen LogP contribution in [0.25, 0.3) is 0 Å². The van der Waals surface area contributed by atoms with Crippen molar-refractivity contribution in [3.63, 3.8) is 0 Å². The topological polar surface area (TPSA) is 86.3 Å². The highest BCUT2D eigenvalue weighted by Gasteiger charge is 2.29. The third-order valence-electron chi connectivity index (χ3n) is 5.01. The van der Waals surface area contributed by atoms with Gasteiger partial charge in [0.25, 0.3) is 0 Å². The molecule has 8 nitrogen and oxygen atoms in total. The number of alkyl carbamates (subject to hydrolysis) is 1. The molecule has 2 fully saturated rings. The average molecular weight is 523 g/mol. The fourth-order valence-corrected chi connectivity index (χ4v) is 3.50. The molecule has 0 bridgehead atoms. The number of aliphatic imine (C=N–C) groups is 1. The van der Waals surface area contributed by atoms with E-state index in [-0.39, 0.29) is 48.6 Å². The van der Waals surface area contributed by atoms with E-state index in [2.05, 4.69) is 20.5 Å². The highest BCUT2D eigenvalue weighted by Crippen LogP contribution is 2.19. The Morgan fingerprint density at radius 3 is 2.31 bits per heavy atom. The van der Waals surface area contributed by atoms with Crippen LogP contribution in [-0.2, 0) is 9.53 Å². The smallest absolute Gasteiger partial charge is 0.407 e. The Balaban J connectivity index is 0.00000420. The highest BCUT2D eigenvalue weighted by molar-refractivity contribution is 14.0. The minimum absolute atomic E-state index is 0. The molecule has 1 saturated carbocycles. The van der Waals surface area contributed by atoms with E-state index in [1.807, 2.05) is 20.8 Å². The van der Waals surface area contributed by atoms with Crippen LogP contribution < -0.4 is 10.6 Å². The number of nitrogens with one attached hydrogen (secondary N) is 2. The Kier molecular flexibility index (Phi) is 10.5. The number of halogens is 1. The first-order valence-corrected chi connectivity index (χ1v) is 10.4. The van der Waals surface area contributed by atoms with Gasteiger partial charge in [-0.05, 0) is 40.0 Å². The first kappa shape index (κ1) is 25.8. The lowest BCUT2D eigenvalue weighted by Crippen LogP contribution is -2.48. The van der Waals surface area contributed by atoms with Gasteiger partial charge in [0.15, 0.2) is 5.96 Å². The third-order valence-corrected chi connectivity index (χ3v) is 5.01. The number of rotatable bonds is 4. The van der Waals surface area contributed by atoms with Gasteiger partial charge < -0.3 is 25.2 Å². The maximum Gasteiger partial charge on any atom is 0.407 e. The zero-order chi connectivity index (χ0) is 20.7. The van der Waals surface area contributed by atoms with Gasteiger partial charge >= 0.3 is 6.09 Å². The Labute approximate surface area is 192 Å². The average Bonchev–Trinajstić information content (AvgIpc) is 3.05. The van der Waals surface area contributed by atoms with Crippen LogP contribution in [0.15, 0.2) is 4.99 Å². The largest absolute Gasteiger partial charge is 0.444 e. The summed E-state index contributed by atoms with van der Waals surface area (Å²) in [4.78, 5) is 32.3. The predicted octanol–water partition coefficient (Wildman–Crippen LogP) is 2.57. The summed E-state index contributed by atoms with van der Waals surface area (Å²) in [6.07, 6.45) is 6.44. The number of amides is 2. The molecule has 0 aromatic heterocycles. The second kappa shape index (κ2) is 11.8. The summed E-state index contributed by atoms with van der Waals surface area (Å²) in [6.45, 7) is 7.14. The standard InChI is InChI=1S/C20H37N5O3.HI/c1-20(2,3)28-19(27)23-16-11-12-25(14-16)18(21-13-17(26)24(4)5)22-15-9-7-6-8-10-15;/h15-16H,6-14H2,1-5H3,(H,21,22)(H,23,27);1H. The Hall–Kier alpha value is -1.26. The summed E-state index contributed by atoms with van der Waals surface area (Å²) in [5.74, 6) is 0.751. The molecule has 2 amide bonds. The van der Waals surface area contributed by atoms with E-state index in [0.717, 1.165) is 31.8 Å². The molecule has 1 heterocycles. The number of likely N-dealkylation sites (N-methyl/N-ethyl adjacent to an activating group) is 1. The van der Waals surface area contributed by atoms with E-state index in [1.165, 1.54) is 19.3 Å². The van der Waals surface area contributed by atoms with Gasteiger partial charge in [-0.15, -0.1) is 24.0 Å². The Morgan fingerprint density at radius 2 is 1.72 bits per heavy atom. The van der Waals surface area contributed by atoms with E-state index in [1.54, 1.807) is 19.0 Å². The molecular weight excluding hydrogens is 485 g/mol. The molecule has 2 aliphatic rings. The van der Waals surface area contributed by atoms with Crippen LogP contribution in [0.3, 0.4) is 0 Å². The van der Waals surface area contributed by atoms with Crippen molar-refractivity contribution >= 4 is 41.9 Å². The van der Waals surface area contributed by atoms with E-state index >= 15 is 0 Å². The van der Waals surface area contributed by atoms with Gasteiger partial charge in [0.1, 0.15) is 12.1 Å². The van der Waals surface area contributed by atoms with Crippen LogP contribution in [0.2, 0.25) is 0 Å². The molecule has 1 atom stereocenters. The zero-order valence-corrected chi connectivity index (χ0v) is 20.8. The molecular formula is C20H38IN5O3. The molecule has 9 heteroatoms. The molecule has 168 valence electrons. The molecule has 0 spiro atoms. The first-order chi connectivity index (χ1) is 13.1. The molecule has 1 aliphatic heterocycles. The number of nitrogens with zero attached hydrogens (tertiary/aromatic N) is 3. The van der Waals surface area contributed by atoms with Crippen molar-refractivity contribution in [1.82, 2.24) is 20.4 Å². The monoisotopic (exact) mass is 523 g/mol. The predicted molar refractivity (Wildman–Crippen MR) is 126 cm³/mol. The van der Waals surface area contributed by atoms with Crippen LogP contribution in [0.4, 0.5) is 4.79 Å². The second-order valence-corrected chi connectivity index (χ2v) is 8.99. The van der Waals surface area contributed by atoms with Crippen LogP contribution in [-0.4, -0.2) is 79.2 Å². The lowest BCUT2D eigenvalue weighted by Gasteiger charge is -2.29. The molecule has 1 saturated heterocycles. The van der Waals surface area contributed by atoms with Crippen molar-refractivity contribution in [1.29, 1.82) is 0 Å². The van der Waals surface area contributed by atoms with E-state index in [0.29, 0.717) is 12.6 Å². The van der Waals surface area contributed by atoms with Crippen LogP contribution in [0, 0.1) is 0 Å². The van der Waals surface area contributed by atoms with Crippen molar-refractivity contribution < 1.29 is 14.3 Å². The van der Waals surface area contributed by atoms with Gasteiger partial charge in [0, 0.05) is 33.2 Å². The van der Waals surface area contributed by atoms with Gasteiger partial charge in [-0.1, -0.05) is 19.3 Å². The summed E-state index contributed by atoms with van der Waals surface area (Å²) < 4.78 is 5.36. The summed E-state index contributed by atoms with van der Waals surface area (Å²) in [7, 11) is 3.48. The van der Waals surface area contributed by atoms with Gasteiger partial charge in [-0.2, -0.15) is 0 Å². The highest BCUT2D eigenvalue weighted by atomic mass is 127. The second-order valence-electron chi connectivity index (χ2n) is 8.99. The maximum absolute atomic E-state index is 12.1. The van der Waals surface area contributed by atoms with Crippen LogP contribution in [0.1, 0.15) is 59.3 Å². The Bertz CT molecular complexity index is 571. The molecule has 0 radical (unpaired) electrons. The van der Waals surface area contributed by atoms with E-state index in [9.17, 15) is 9.59 Å². The fraction of sp³-hybridized carbons (Fsp3) is 0.850. The SMILES string of the molecule is CN(C)C(=O)CN=C(NC1CCCCC1)N1CCC(NC(=O)OC(C)(C)C)C1.I. The number of carbonyl (C=O) groups is 2. The van der Waals surface area contributed by atoms with Crippen molar-refractivity contribution in [2.75, 3.05) is 33.7 Å². The molecule has 1 unspecified atom stereocenters. The summed E-state index contributed by atoms with van der Waals surface area (Å²) >= 11 is 0. The normalized spacial score (nSPS) is 20.7. The maximum atomic E-state index is 12.1. The number of carbonyl (C=O) groups excluding carboxylic acids is 2. The fourth-order valence-electron chi connectivity index (χ4n) is 3.50. The van der Waals surface area contributed by atoms with Gasteiger partial charge in [-0.25, -0.2) is 9.79 Å². The zero-order valence-electron chi connectivity index (χ0n) is 18.5. The number of hydrogen-bond acceptors (Lipinski definition) is 4. The van der Waals surface area contributed by atoms with E-state index in [4.69, 9.17) is 4.74 Å². The molecule has 0 aromatic rings. The van der Waals surface area contributed by atoms with E-state index < -0.39 is 5.60 Å². The number of ether oxygens (including phenoxy) is 1. The summed E-state index contributed by atoms with van der Waals surface area (Å²) in [5, 5.41) is 6.51. The third kappa shape index (κ3) is 9.39. The van der Waals surface area contributed by atoms with Crippen LogP contribution >= 0.6 is 24.0 Å². The molecule has 2 N–H and O–H groups in total. The number of guanidine groups is 1. The van der Waals surface area contributed by atoms with Gasteiger partial charge in [-0.3, -0.25) is 4.79 Å². The van der Waals surface area contributed by atoms with Crippen LogP contribution in [0.5, 0.6) is 0 Å². The van der Waals surface area contributed by atoms with Gasteiger partial charge in [0.2, 0.25) is 5.91 Å². The molecule has 1 aliphatic carbocycles. The quantitative estimate of drug-likeness (QED) is 0.336. The lowest BCUT2D eigenvalue weighted by molar-refractivity contribution is -0.127. The number of likely N-dealkylation sites (tertiary alicyclic amines) is 1. The number of hydrogen-bond donors (Lipinski definition) is 2. The van der Waals surface area contributed by atoms with Crippen molar-refractivity contribution in [2.24, 2.45) is 4.99 Å². The minimum Gasteiger partial charge on any atom is -0.444 e. The lowest BCUT2D eigenvalue weighted by atomic mass is 9.96. The molecule has 0 aromatic carbocycles. The summed E-state index contributed by atoms with van der Waals surface area (Å²) in [6, 6.07) is 0.414. The van der Waals surface area contributed by atoms with Crippen molar-refractivity contribution in [2.45, 2.75) is 77.0 Å². The minimum atomic E-state index is -0.510. The van der Waals surface area contributed by atoms with Gasteiger partial charge in [0.05, 0.1) is 6.04 Å². The Morgan fingerprint density at radius 1 is 1.07 bits per heavy atom. The first-order valence-electron chi connectivity index (χ1n) is 10.4. The van der Waals surface area contributed by atoms with Crippen molar-refractivity contribution in [3.8, 4) is 0 Å². The molecule has 29 heavy (non-hydrogen) atoms.